The highest BCUT2D eigenvalue weighted by molar-refractivity contribution is 5.04. The molecule has 5 heteroatoms. The van der Waals surface area contributed by atoms with Gasteiger partial charge in [-0.15, -0.1) is 0 Å². The maximum Gasteiger partial charge on any atom is 0.249 e. The van der Waals surface area contributed by atoms with E-state index in [1.54, 1.807) is 0 Å². The lowest BCUT2D eigenvalue weighted by Crippen LogP contribution is -2.33. The van der Waals surface area contributed by atoms with Gasteiger partial charge in [0.25, 0.3) is 0 Å². The van der Waals surface area contributed by atoms with E-state index in [2.05, 4.69) is 10.1 Å². The lowest BCUT2D eigenvalue weighted by Gasteiger charge is -2.31. The average Bonchev–Trinajstić information content (AvgIpc) is 2.47. The fourth-order valence-corrected chi connectivity index (χ4v) is 1.41. The fourth-order valence-electron chi connectivity index (χ4n) is 1.41. The van der Waals surface area contributed by atoms with Crippen molar-refractivity contribution in [2.24, 2.45) is 0 Å². The van der Waals surface area contributed by atoms with Crippen LogP contribution in [0.2, 0.25) is 0 Å². The summed E-state index contributed by atoms with van der Waals surface area (Å²) in [5.41, 5.74) is 0. The van der Waals surface area contributed by atoms with Gasteiger partial charge in [0.1, 0.15) is 0 Å². The van der Waals surface area contributed by atoms with Gasteiger partial charge in [-0.3, -0.25) is 0 Å². The standard InChI is InChI=1S/C8H10F2N2O/c1-2-6-11-7(13-12-6)5-3-8(9,10)4-5/h5H,2-4H2,1H3. The first kappa shape index (κ1) is 8.59. The van der Waals surface area contributed by atoms with Gasteiger partial charge in [0, 0.05) is 25.2 Å². The van der Waals surface area contributed by atoms with Crippen LogP contribution in [-0.2, 0) is 6.42 Å². The summed E-state index contributed by atoms with van der Waals surface area (Å²) in [7, 11) is 0. The van der Waals surface area contributed by atoms with Gasteiger partial charge < -0.3 is 4.52 Å². The predicted molar refractivity (Wildman–Crippen MR) is 40.6 cm³/mol. The van der Waals surface area contributed by atoms with Crippen molar-refractivity contribution in [2.75, 3.05) is 0 Å². The molecule has 1 aromatic heterocycles. The van der Waals surface area contributed by atoms with Crippen LogP contribution in [0.4, 0.5) is 8.78 Å². The van der Waals surface area contributed by atoms with E-state index in [0.29, 0.717) is 18.1 Å². The first-order chi connectivity index (χ1) is 6.11. The molecule has 72 valence electrons. The Morgan fingerprint density at radius 1 is 1.54 bits per heavy atom. The molecule has 1 saturated carbocycles. The van der Waals surface area contributed by atoms with Crippen LogP contribution in [0, 0.1) is 0 Å². The Morgan fingerprint density at radius 3 is 2.69 bits per heavy atom. The summed E-state index contributed by atoms with van der Waals surface area (Å²) >= 11 is 0. The Balaban J connectivity index is 2.03. The number of halogens is 2. The number of alkyl halides is 2. The van der Waals surface area contributed by atoms with Crippen LogP contribution in [0.5, 0.6) is 0 Å². The van der Waals surface area contributed by atoms with Crippen molar-refractivity contribution in [3.63, 3.8) is 0 Å². The van der Waals surface area contributed by atoms with Gasteiger partial charge in [-0.2, -0.15) is 4.98 Å². The van der Waals surface area contributed by atoms with E-state index in [1.165, 1.54) is 0 Å². The van der Waals surface area contributed by atoms with Crippen molar-refractivity contribution < 1.29 is 13.3 Å². The molecular weight excluding hydrogens is 178 g/mol. The highest BCUT2D eigenvalue weighted by atomic mass is 19.3. The van der Waals surface area contributed by atoms with Crippen molar-refractivity contribution in [1.29, 1.82) is 0 Å². The van der Waals surface area contributed by atoms with Crippen LogP contribution in [0.25, 0.3) is 0 Å². The molecule has 0 spiro atoms. The lowest BCUT2D eigenvalue weighted by atomic mass is 9.81. The molecule has 0 amide bonds. The maximum atomic E-state index is 12.5. The van der Waals surface area contributed by atoms with E-state index in [4.69, 9.17) is 4.52 Å². The van der Waals surface area contributed by atoms with Crippen LogP contribution in [0.1, 0.15) is 37.4 Å². The third kappa shape index (κ3) is 1.55. The Hall–Kier alpha value is -1.00. The molecule has 0 unspecified atom stereocenters. The fraction of sp³-hybridized carbons (Fsp3) is 0.750. The molecule has 0 aliphatic heterocycles. The molecule has 2 rings (SSSR count). The monoisotopic (exact) mass is 188 g/mol. The number of aromatic nitrogens is 2. The van der Waals surface area contributed by atoms with E-state index in [0.717, 1.165) is 0 Å². The molecule has 3 nitrogen and oxygen atoms in total. The van der Waals surface area contributed by atoms with Gasteiger partial charge in [-0.05, 0) is 0 Å². The highest BCUT2D eigenvalue weighted by Gasteiger charge is 2.48. The second kappa shape index (κ2) is 2.75. The van der Waals surface area contributed by atoms with Crippen molar-refractivity contribution in [2.45, 2.75) is 38.0 Å². The Labute approximate surface area is 74.1 Å². The van der Waals surface area contributed by atoms with Crippen LogP contribution in [-0.4, -0.2) is 16.1 Å². The Morgan fingerprint density at radius 2 is 2.23 bits per heavy atom. The minimum atomic E-state index is -2.52. The highest BCUT2D eigenvalue weighted by Crippen LogP contribution is 2.47. The molecule has 1 aromatic rings. The molecule has 1 heterocycles. The summed E-state index contributed by atoms with van der Waals surface area (Å²) in [6.45, 7) is 1.89. The molecule has 13 heavy (non-hydrogen) atoms. The summed E-state index contributed by atoms with van der Waals surface area (Å²) in [5, 5.41) is 3.65. The zero-order valence-corrected chi connectivity index (χ0v) is 7.26. The SMILES string of the molecule is CCc1noc(C2CC(F)(F)C2)n1. The van der Waals surface area contributed by atoms with Crippen LogP contribution in [0.3, 0.4) is 0 Å². The Bertz CT molecular complexity index is 303. The van der Waals surface area contributed by atoms with Gasteiger partial charge in [-0.1, -0.05) is 12.1 Å². The number of nitrogens with zero attached hydrogens (tertiary/aromatic N) is 2. The number of rotatable bonds is 2. The van der Waals surface area contributed by atoms with Crippen molar-refractivity contribution in [1.82, 2.24) is 10.1 Å². The lowest BCUT2D eigenvalue weighted by molar-refractivity contribution is -0.0925. The van der Waals surface area contributed by atoms with E-state index in [1.807, 2.05) is 6.92 Å². The topological polar surface area (TPSA) is 38.9 Å². The summed E-state index contributed by atoms with van der Waals surface area (Å²) < 4.78 is 29.8. The van der Waals surface area contributed by atoms with Gasteiger partial charge in [0.05, 0.1) is 0 Å². The first-order valence-corrected chi connectivity index (χ1v) is 4.31. The molecule has 0 atom stereocenters. The predicted octanol–water partition coefficient (Wildman–Crippen LogP) is 2.14. The second-order valence-corrected chi connectivity index (χ2v) is 3.36. The molecule has 1 aliphatic carbocycles. The van der Waals surface area contributed by atoms with E-state index >= 15 is 0 Å². The molecule has 1 aliphatic rings. The van der Waals surface area contributed by atoms with Crippen LogP contribution in [0.15, 0.2) is 4.52 Å². The van der Waals surface area contributed by atoms with Crippen molar-refractivity contribution in [3.8, 4) is 0 Å². The summed E-state index contributed by atoms with van der Waals surface area (Å²) in [6.07, 6.45) is 0.364. The molecule has 1 fully saturated rings. The molecule has 0 radical (unpaired) electrons. The quantitative estimate of drug-likeness (QED) is 0.713. The van der Waals surface area contributed by atoms with Crippen molar-refractivity contribution >= 4 is 0 Å². The van der Waals surface area contributed by atoms with E-state index in [9.17, 15) is 8.78 Å². The smallest absolute Gasteiger partial charge is 0.249 e. The zero-order valence-electron chi connectivity index (χ0n) is 7.26. The normalized spacial score (nSPS) is 21.5. The average molecular weight is 188 g/mol. The van der Waals surface area contributed by atoms with E-state index < -0.39 is 5.92 Å². The second-order valence-electron chi connectivity index (χ2n) is 3.36. The molecule has 0 aromatic carbocycles. The maximum absolute atomic E-state index is 12.5. The third-order valence-corrected chi connectivity index (χ3v) is 2.24. The van der Waals surface area contributed by atoms with Crippen LogP contribution >= 0.6 is 0 Å². The molecule has 0 N–H and O–H groups in total. The summed E-state index contributed by atoms with van der Waals surface area (Å²) in [6, 6.07) is 0. The largest absolute Gasteiger partial charge is 0.339 e. The van der Waals surface area contributed by atoms with Gasteiger partial charge in [0.15, 0.2) is 5.82 Å². The Kier molecular flexibility index (Phi) is 1.82. The molecule has 0 saturated heterocycles. The van der Waals surface area contributed by atoms with Gasteiger partial charge >= 0.3 is 0 Å². The van der Waals surface area contributed by atoms with E-state index in [-0.39, 0.29) is 18.8 Å². The number of aryl methyl sites for hydroxylation is 1. The summed E-state index contributed by atoms with van der Waals surface area (Å²) in [5.74, 6) is -1.80. The minimum Gasteiger partial charge on any atom is -0.339 e. The minimum absolute atomic E-state index is 0.154. The van der Waals surface area contributed by atoms with Gasteiger partial charge in [0.2, 0.25) is 11.8 Å². The van der Waals surface area contributed by atoms with Gasteiger partial charge in [-0.25, -0.2) is 8.78 Å². The third-order valence-electron chi connectivity index (χ3n) is 2.24. The number of hydrogen-bond donors (Lipinski definition) is 0. The zero-order chi connectivity index (χ0) is 9.47. The molecule has 0 bridgehead atoms. The first-order valence-electron chi connectivity index (χ1n) is 4.31. The summed E-state index contributed by atoms with van der Waals surface area (Å²) in [4.78, 5) is 4.01. The van der Waals surface area contributed by atoms with Crippen LogP contribution < -0.4 is 0 Å². The molecular formula is C8H10F2N2O. The van der Waals surface area contributed by atoms with Crippen molar-refractivity contribution in [3.05, 3.63) is 11.7 Å². The number of hydrogen-bond acceptors (Lipinski definition) is 3.